The van der Waals surface area contributed by atoms with Gasteiger partial charge in [-0.25, -0.2) is 0 Å². The summed E-state index contributed by atoms with van der Waals surface area (Å²) >= 11 is 0. The third kappa shape index (κ3) is 51.9. The SMILES string of the molecule is CC/C=C\C/C=C\C/C=C\CCCCCCCC(=O)OC[C@H](COC(=O)CCCCCCCCCCCCCCCCCCC)OC(=O)CCCCCCC/C=C\C/C=C\CCCCC. The lowest BCUT2D eigenvalue weighted by molar-refractivity contribution is -0.167. The molecule has 0 radical (unpaired) electrons. The molecular formula is C59H104O6. The van der Waals surface area contributed by atoms with Crippen LogP contribution >= 0.6 is 0 Å². The van der Waals surface area contributed by atoms with E-state index in [1.807, 2.05) is 0 Å². The molecule has 65 heavy (non-hydrogen) atoms. The lowest BCUT2D eigenvalue weighted by atomic mass is 10.0. The molecule has 0 aromatic carbocycles. The summed E-state index contributed by atoms with van der Waals surface area (Å²) in [5.74, 6) is -0.905. The van der Waals surface area contributed by atoms with Gasteiger partial charge in [-0.05, 0) is 83.5 Å². The maximum absolute atomic E-state index is 12.8. The van der Waals surface area contributed by atoms with Gasteiger partial charge in [0.15, 0.2) is 6.10 Å². The molecule has 0 aliphatic carbocycles. The summed E-state index contributed by atoms with van der Waals surface area (Å²) in [7, 11) is 0. The van der Waals surface area contributed by atoms with Crippen molar-refractivity contribution < 1.29 is 28.6 Å². The molecule has 0 aromatic rings. The molecule has 1 atom stereocenters. The molecule has 0 saturated heterocycles. The minimum absolute atomic E-state index is 0.0833. The predicted octanol–water partition coefficient (Wildman–Crippen LogP) is 18.4. The monoisotopic (exact) mass is 909 g/mol. The fraction of sp³-hybridized carbons (Fsp3) is 0.780. The molecule has 6 heteroatoms. The van der Waals surface area contributed by atoms with Crippen molar-refractivity contribution >= 4 is 17.9 Å². The fourth-order valence-corrected chi connectivity index (χ4v) is 7.84. The van der Waals surface area contributed by atoms with E-state index in [0.29, 0.717) is 19.3 Å². The van der Waals surface area contributed by atoms with Crippen LogP contribution in [0.3, 0.4) is 0 Å². The van der Waals surface area contributed by atoms with Crippen molar-refractivity contribution in [2.24, 2.45) is 0 Å². The second-order valence-electron chi connectivity index (χ2n) is 18.5. The van der Waals surface area contributed by atoms with Gasteiger partial charge >= 0.3 is 17.9 Å². The van der Waals surface area contributed by atoms with Crippen LogP contribution in [-0.2, 0) is 28.6 Å². The van der Waals surface area contributed by atoms with Gasteiger partial charge in [-0.3, -0.25) is 14.4 Å². The Kier molecular flexibility index (Phi) is 51.3. The Morgan fingerprint density at radius 2 is 0.600 bits per heavy atom. The van der Waals surface area contributed by atoms with Gasteiger partial charge in [0.1, 0.15) is 13.2 Å². The number of unbranched alkanes of at least 4 members (excludes halogenated alkanes) is 29. The van der Waals surface area contributed by atoms with Crippen LogP contribution in [0.25, 0.3) is 0 Å². The molecule has 0 aliphatic heterocycles. The van der Waals surface area contributed by atoms with Crippen molar-refractivity contribution in [2.45, 2.75) is 284 Å². The number of carbonyl (C=O) groups is 3. The number of hydrogen-bond acceptors (Lipinski definition) is 6. The highest BCUT2D eigenvalue weighted by Crippen LogP contribution is 2.16. The molecule has 0 bridgehead atoms. The second kappa shape index (κ2) is 53.7. The van der Waals surface area contributed by atoms with Gasteiger partial charge in [0.05, 0.1) is 0 Å². The topological polar surface area (TPSA) is 78.9 Å². The minimum atomic E-state index is -0.787. The summed E-state index contributed by atoms with van der Waals surface area (Å²) in [6.07, 6.45) is 66.3. The molecule has 0 unspecified atom stereocenters. The Morgan fingerprint density at radius 3 is 0.969 bits per heavy atom. The van der Waals surface area contributed by atoms with E-state index in [4.69, 9.17) is 14.2 Å². The summed E-state index contributed by atoms with van der Waals surface area (Å²) in [5, 5.41) is 0. The van der Waals surface area contributed by atoms with E-state index < -0.39 is 6.10 Å². The number of rotatable bonds is 50. The molecule has 0 N–H and O–H groups in total. The van der Waals surface area contributed by atoms with Crippen LogP contribution in [0.5, 0.6) is 0 Å². The highest BCUT2D eigenvalue weighted by atomic mass is 16.6. The van der Waals surface area contributed by atoms with Gasteiger partial charge in [-0.2, -0.15) is 0 Å². The Bertz CT molecular complexity index is 1180. The van der Waals surface area contributed by atoms with Gasteiger partial charge in [-0.1, -0.05) is 236 Å². The van der Waals surface area contributed by atoms with Crippen molar-refractivity contribution in [2.75, 3.05) is 13.2 Å². The molecule has 0 amide bonds. The Morgan fingerprint density at radius 1 is 0.323 bits per heavy atom. The molecule has 376 valence electrons. The third-order valence-corrected chi connectivity index (χ3v) is 12.0. The lowest BCUT2D eigenvalue weighted by Gasteiger charge is -2.18. The number of ether oxygens (including phenoxy) is 3. The minimum Gasteiger partial charge on any atom is -0.462 e. The lowest BCUT2D eigenvalue weighted by Crippen LogP contribution is -2.30. The van der Waals surface area contributed by atoms with E-state index in [1.165, 1.54) is 116 Å². The normalized spacial score (nSPS) is 12.5. The van der Waals surface area contributed by atoms with Crippen molar-refractivity contribution in [1.29, 1.82) is 0 Å². The molecule has 0 saturated carbocycles. The molecule has 6 nitrogen and oxygen atoms in total. The second-order valence-corrected chi connectivity index (χ2v) is 18.5. The molecule has 0 spiro atoms. The van der Waals surface area contributed by atoms with E-state index in [9.17, 15) is 14.4 Å². The Hall–Kier alpha value is -2.89. The molecule has 0 heterocycles. The molecule has 0 aromatic heterocycles. The largest absolute Gasteiger partial charge is 0.462 e. The third-order valence-electron chi connectivity index (χ3n) is 12.0. The van der Waals surface area contributed by atoms with Crippen LogP contribution in [0.4, 0.5) is 0 Å². The van der Waals surface area contributed by atoms with Crippen molar-refractivity contribution in [3.8, 4) is 0 Å². The molecule has 0 aliphatic rings. The van der Waals surface area contributed by atoms with Crippen molar-refractivity contribution in [1.82, 2.24) is 0 Å². The van der Waals surface area contributed by atoms with E-state index in [0.717, 1.165) is 122 Å². The van der Waals surface area contributed by atoms with Crippen molar-refractivity contribution in [3.05, 3.63) is 60.8 Å². The first-order valence-electron chi connectivity index (χ1n) is 27.8. The summed E-state index contributed by atoms with van der Waals surface area (Å²) in [5.41, 5.74) is 0. The summed E-state index contributed by atoms with van der Waals surface area (Å²) in [6, 6.07) is 0. The highest BCUT2D eigenvalue weighted by Gasteiger charge is 2.19. The molecular weight excluding hydrogens is 805 g/mol. The van der Waals surface area contributed by atoms with Crippen LogP contribution < -0.4 is 0 Å². The van der Waals surface area contributed by atoms with E-state index in [-0.39, 0.29) is 31.1 Å². The molecule has 0 rings (SSSR count). The number of hydrogen-bond donors (Lipinski definition) is 0. The highest BCUT2D eigenvalue weighted by molar-refractivity contribution is 5.71. The van der Waals surface area contributed by atoms with E-state index in [1.54, 1.807) is 0 Å². The van der Waals surface area contributed by atoms with Crippen LogP contribution in [0, 0.1) is 0 Å². The Balaban J connectivity index is 4.40. The zero-order valence-electron chi connectivity index (χ0n) is 43.0. The number of esters is 3. The van der Waals surface area contributed by atoms with Crippen molar-refractivity contribution in [3.63, 3.8) is 0 Å². The average molecular weight is 909 g/mol. The van der Waals surface area contributed by atoms with Crippen LogP contribution in [0.15, 0.2) is 60.8 Å². The maximum Gasteiger partial charge on any atom is 0.306 e. The van der Waals surface area contributed by atoms with Gasteiger partial charge < -0.3 is 14.2 Å². The average Bonchev–Trinajstić information content (AvgIpc) is 3.30. The zero-order chi connectivity index (χ0) is 47.2. The quantitative estimate of drug-likeness (QED) is 0.0262. The standard InChI is InChI=1S/C59H104O6/c1-4-7-10-13-16-19-22-25-28-29-32-34-37-40-43-46-49-52-58(61)64-55-56(65-59(62)53-50-47-44-41-38-35-31-27-24-21-18-15-12-9-6-3)54-63-57(60)51-48-45-42-39-36-33-30-26-23-20-17-14-11-8-5-2/h8,11,17-18,20-21,26-27,30-31,56H,4-7,9-10,12-16,19,22-25,28-29,32-55H2,1-3H3/b11-8-,20-17-,21-18-,30-26-,31-27-/t56-/m1/s1. The summed E-state index contributed by atoms with van der Waals surface area (Å²) < 4.78 is 16.8. The first-order valence-corrected chi connectivity index (χ1v) is 27.8. The van der Waals surface area contributed by atoms with Gasteiger partial charge in [0.25, 0.3) is 0 Å². The van der Waals surface area contributed by atoms with Gasteiger partial charge in [0, 0.05) is 19.3 Å². The van der Waals surface area contributed by atoms with Gasteiger partial charge in [0.2, 0.25) is 0 Å². The smallest absolute Gasteiger partial charge is 0.306 e. The van der Waals surface area contributed by atoms with E-state index in [2.05, 4.69) is 81.5 Å². The van der Waals surface area contributed by atoms with Crippen LogP contribution in [0.2, 0.25) is 0 Å². The zero-order valence-corrected chi connectivity index (χ0v) is 43.0. The van der Waals surface area contributed by atoms with E-state index >= 15 is 0 Å². The fourth-order valence-electron chi connectivity index (χ4n) is 7.84. The van der Waals surface area contributed by atoms with Crippen LogP contribution in [-0.4, -0.2) is 37.2 Å². The number of allylic oxidation sites excluding steroid dienone is 10. The first kappa shape index (κ1) is 62.1. The predicted molar refractivity (Wildman–Crippen MR) is 279 cm³/mol. The Labute approximate surface area is 402 Å². The summed E-state index contributed by atoms with van der Waals surface area (Å²) in [6.45, 7) is 6.50. The summed E-state index contributed by atoms with van der Waals surface area (Å²) in [4.78, 5) is 38.1. The molecule has 0 fully saturated rings. The number of carbonyl (C=O) groups excluding carboxylic acids is 3. The first-order chi connectivity index (χ1) is 32.0. The maximum atomic E-state index is 12.8. The van der Waals surface area contributed by atoms with Gasteiger partial charge in [-0.15, -0.1) is 0 Å². The van der Waals surface area contributed by atoms with Crippen LogP contribution in [0.1, 0.15) is 278 Å².